The Balaban J connectivity index is 2.76. The fourth-order valence-electron chi connectivity index (χ4n) is 1.52. The molecule has 22 heavy (non-hydrogen) atoms. The summed E-state index contributed by atoms with van der Waals surface area (Å²) in [5.41, 5.74) is 0. The molecule has 0 fully saturated rings. The van der Waals surface area contributed by atoms with Crippen LogP contribution in [0.15, 0.2) is 24.4 Å². The lowest BCUT2D eigenvalue weighted by atomic mass is 10.3. The van der Waals surface area contributed by atoms with Crippen LogP contribution in [0.3, 0.4) is 0 Å². The number of hydrogen-bond donors (Lipinski definition) is 1. The molecule has 7 heteroatoms. The van der Waals surface area contributed by atoms with Gasteiger partial charge in [0.05, 0.1) is 12.4 Å². The molecule has 0 radical (unpaired) electrons. The molecule has 0 bridgehead atoms. The Morgan fingerprint density at radius 2 is 1.86 bits per heavy atom. The third-order valence-electron chi connectivity index (χ3n) is 2.78. The van der Waals surface area contributed by atoms with Gasteiger partial charge in [-0.3, -0.25) is 9.59 Å². The number of nitrogens with one attached hydrogen (secondary N) is 1. The van der Waals surface area contributed by atoms with Crippen molar-refractivity contribution in [1.82, 2.24) is 9.78 Å². The van der Waals surface area contributed by atoms with Crippen LogP contribution in [0.2, 0.25) is 0 Å². The molecule has 0 unspecified atom stereocenters. The van der Waals surface area contributed by atoms with E-state index in [1.807, 2.05) is 0 Å². The summed E-state index contributed by atoms with van der Waals surface area (Å²) in [6.45, 7) is 6.20. The van der Waals surface area contributed by atoms with Gasteiger partial charge in [-0.05, 0) is 6.42 Å². The molecular formula is C15H23N3O4. The van der Waals surface area contributed by atoms with E-state index in [1.165, 1.54) is 6.20 Å². The summed E-state index contributed by atoms with van der Waals surface area (Å²) in [4.78, 5) is 22.7. The Morgan fingerprint density at radius 3 is 2.41 bits per heavy atom. The molecule has 0 amide bonds. The summed E-state index contributed by atoms with van der Waals surface area (Å²) >= 11 is 0. The highest BCUT2D eigenvalue weighted by Crippen LogP contribution is 2.10. The number of hydrogen-bond acceptors (Lipinski definition) is 6. The van der Waals surface area contributed by atoms with Crippen LogP contribution in [0.5, 0.6) is 0 Å². The molecule has 1 heterocycles. The van der Waals surface area contributed by atoms with Gasteiger partial charge in [-0.15, -0.1) is 0 Å². The molecule has 0 aliphatic carbocycles. The molecule has 122 valence electrons. The second kappa shape index (κ2) is 9.59. The molecule has 0 saturated heterocycles. The molecule has 0 saturated carbocycles. The maximum atomic E-state index is 11.4. The van der Waals surface area contributed by atoms with Gasteiger partial charge in [0, 0.05) is 25.5 Å². The monoisotopic (exact) mass is 309 g/mol. The summed E-state index contributed by atoms with van der Waals surface area (Å²) in [5.74, 6) is -0.388. The highest BCUT2D eigenvalue weighted by Gasteiger charge is 2.11. The van der Waals surface area contributed by atoms with Crippen LogP contribution < -0.4 is 5.32 Å². The van der Waals surface area contributed by atoms with E-state index < -0.39 is 11.9 Å². The molecule has 0 aromatic carbocycles. The summed E-state index contributed by atoms with van der Waals surface area (Å²) in [7, 11) is 0. The Labute approximate surface area is 130 Å². The smallest absolute Gasteiger partial charge is 0.313 e. The second-order valence-electron chi connectivity index (χ2n) is 4.56. The van der Waals surface area contributed by atoms with Crippen LogP contribution in [-0.4, -0.2) is 21.7 Å². The molecule has 7 nitrogen and oxygen atoms in total. The topological polar surface area (TPSA) is 82.4 Å². The molecule has 1 N–H and O–H groups in total. The molecule has 1 aromatic rings. The lowest BCUT2D eigenvalue weighted by Gasteiger charge is -2.10. The summed E-state index contributed by atoms with van der Waals surface area (Å²) < 4.78 is 11.7. The van der Waals surface area contributed by atoms with Crippen LogP contribution in [0.1, 0.15) is 46.5 Å². The zero-order valence-corrected chi connectivity index (χ0v) is 13.3. The lowest BCUT2D eigenvalue weighted by Crippen LogP contribution is -2.12. The van der Waals surface area contributed by atoms with E-state index in [2.05, 4.69) is 17.3 Å². The highest BCUT2D eigenvalue weighted by atomic mass is 16.7. The van der Waals surface area contributed by atoms with E-state index in [-0.39, 0.29) is 18.8 Å². The fraction of sp³-hybridized carbons (Fsp3) is 0.533. The van der Waals surface area contributed by atoms with E-state index in [4.69, 9.17) is 9.47 Å². The summed E-state index contributed by atoms with van der Waals surface area (Å²) in [5, 5.41) is 7.14. The molecule has 0 aliphatic rings. The van der Waals surface area contributed by atoms with Crippen LogP contribution >= 0.6 is 0 Å². The van der Waals surface area contributed by atoms with Crippen molar-refractivity contribution < 1.29 is 19.1 Å². The normalized spacial score (nSPS) is 9.95. The predicted octanol–water partition coefficient (Wildman–Crippen LogP) is 2.80. The van der Waals surface area contributed by atoms with Crippen LogP contribution in [0, 0.1) is 0 Å². The van der Waals surface area contributed by atoms with Gasteiger partial charge in [0.25, 0.3) is 0 Å². The van der Waals surface area contributed by atoms with E-state index in [0.29, 0.717) is 0 Å². The number of esters is 2. The van der Waals surface area contributed by atoms with Gasteiger partial charge >= 0.3 is 17.9 Å². The Morgan fingerprint density at radius 1 is 1.23 bits per heavy atom. The molecule has 0 spiro atoms. The van der Waals surface area contributed by atoms with Gasteiger partial charge in [0.2, 0.25) is 0 Å². The first-order valence-electron chi connectivity index (χ1n) is 7.50. The standard InChI is InChI=1S/C15H23N3O4/c1-4-7-10-18-12(8-9-17-18)16-11-15(21-13(19)5-2)22-14(20)6-3/h8-9,11,16H,4-7,10H2,1-3H3. The quantitative estimate of drug-likeness (QED) is 0.558. The van der Waals surface area contributed by atoms with Gasteiger partial charge in [-0.1, -0.05) is 27.2 Å². The largest absolute Gasteiger partial charge is 0.391 e. The predicted molar refractivity (Wildman–Crippen MR) is 81.6 cm³/mol. The van der Waals surface area contributed by atoms with Gasteiger partial charge in [0.15, 0.2) is 0 Å². The number of aromatic nitrogens is 2. The Hall–Kier alpha value is -2.31. The van der Waals surface area contributed by atoms with E-state index >= 15 is 0 Å². The average molecular weight is 309 g/mol. The number of ether oxygens (including phenoxy) is 2. The molecule has 1 rings (SSSR count). The number of nitrogens with zero attached hydrogens (tertiary/aromatic N) is 2. The van der Waals surface area contributed by atoms with Crippen LogP contribution in [0.25, 0.3) is 0 Å². The van der Waals surface area contributed by atoms with Crippen LogP contribution in [0.4, 0.5) is 5.82 Å². The number of anilines is 1. The van der Waals surface area contributed by atoms with Crippen molar-refractivity contribution in [3.63, 3.8) is 0 Å². The Kier molecular flexibility index (Phi) is 7.74. The molecule has 1 aromatic heterocycles. The number of aryl methyl sites for hydroxylation is 1. The zero-order valence-electron chi connectivity index (χ0n) is 13.3. The average Bonchev–Trinajstić information content (AvgIpc) is 2.97. The van der Waals surface area contributed by atoms with Gasteiger partial charge in [-0.2, -0.15) is 5.10 Å². The third kappa shape index (κ3) is 5.99. The number of unbranched alkanes of at least 4 members (excludes halogenated alkanes) is 1. The minimum absolute atomic E-state index is 0.165. The van der Waals surface area contributed by atoms with E-state index in [9.17, 15) is 9.59 Å². The first-order chi connectivity index (χ1) is 10.6. The van der Waals surface area contributed by atoms with E-state index in [1.54, 1.807) is 30.8 Å². The van der Waals surface area contributed by atoms with Gasteiger partial charge in [0.1, 0.15) is 5.82 Å². The van der Waals surface area contributed by atoms with Gasteiger partial charge < -0.3 is 14.8 Å². The van der Waals surface area contributed by atoms with Crippen molar-refractivity contribution >= 4 is 17.8 Å². The van der Waals surface area contributed by atoms with Crippen molar-refractivity contribution in [3.05, 3.63) is 24.4 Å². The number of rotatable bonds is 9. The first kappa shape index (κ1) is 17.7. The SMILES string of the molecule is CCCCn1nccc1NC=C(OC(=O)CC)OC(=O)CC. The van der Waals surface area contributed by atoms with E-state index in [0.717, 1.165) is 25.2 Å². The molecule has 0 aliphatic heterocycles. The van der Waals surface area contributed by atoms with Crippen molar-refractivity contribution in [2.45, 2.75) is 53.0 Å². The molecular weight excluding hydrogens is 286 g/mol. The number of carbonyl (C=O) groups is 2. The molecule has 0 atom stereocenters. The van der Waals surface area contributed by atoms with Crippen molar-refractivity contribution in [2.24, 2.45) is 0 Å². The maximum absolute atomic E-state index is 11.4. The first-order valence-corrected chi connectivity index (χ1v) is 7.50. The minimum atomic E-state index is -0.476. The van der Waals surface area contributed by atoms with Crippen LogP contribution in [-0.2, 0) is 25.6 Å². The number of carbonyl (C=O) groups excluding carboxylic acids is 2. The van der Waals surface area contributed by atoms with Crippen molar-refractivity contribution in [2.75, 3.05) is 5.32 Å². The maximum Gasteiger partial charge on any atom is 0.313 e. The summed E-state index contributed by atoms with van der Waals surface area (Å²) in [6, 6.07) is 1.78. The van der Waals surface area contributed by atoms with Crippen molar-refractivity contribution in [1.29, 1.82) is 0 Å². The Bertz CT molecular complexity index is 503. The second-order valence-corrected chi connectivity index (χ2v) is 4.56. The lowest BCUT2D eigenvalue weighted by molar-refractivity contribution is -0.153. The minimum Gasteiger partial charge on any atom is -0.391 e. The van der Waals surface area contributed by atoms with Gasteiger partial charge in [-0.25, -0.2) is 4.68 Å². The highest BCUT2D eigenvalue weighted by molar-refractivity contribution is 5.72. The summed E-state index contributed by atoms with van der Waals surface area (Å²) in [6.07, 6.45) is 5.46. The fourth-order valence-corrected chi connectivity index (χ4v) is 1.52. The third-order valence-corrected chi connectivity index (χ3v) is 2.78. The van der Waals surface area contributed by atoms with Crippen molar-refractivity contribution in [3.8, 4) is 0 Å². The zero-order chi connectivity index (χ0) is 16.4.